The molecule has 6 nitrogen and oxygen atoms in total. The molecule has 1 unspecified atom stereocenters. The number of carbonyl (C=O) groups excluding carboxylic acids is 3. The van der Waals surface area contributed by atoms with Crippen molar-refractivity contribution in [3.8, 4) is 5.75 Å². The lowest BCUT2D eigenvalue weighted by Gasteiger charge is -2.24. The van der Waals surface area contributed by atoms with Gasteiger partial charge in [-0.2, -0.15) is 0 Å². The van der Waals surface area contributed by atoms with Crippen LogP contribution in [0.1, 0.15) is 49.0 Å². The van der Waals surface area contributed by atoms with Crippen LogP contribution in [0.2, 0.25) is 0 Å². The number of benzene rings is 2. The molecule has 0 spiro atoms. The van der Waals surface area contributed by atoms with E-state index < -0.39 is 23.5 Å². The third-order valence-electron chi connectivity index (χ3n) is 4.83. The maximum atomic E-state index is 13.1. The Kier molecular flexibility index (Phi) is 6.65. The standard InChI is InChI=1S/C24H24BrNO5/c1-24(2,3)31-23(30)26-12-11-17(22(26)29)18(19-13-16(25)9-10-20(19)27)14-21(28)15-7-5-4-6-8-15/h4-11,13,18,27H,12,14H2,1-3H3. The molecule has 1 N–H and O–H groups in total. The zero-order chi connectivity index (χ0) is 22.8. The van der Waals surface area contributed by atoms with Crippen LogP contribution in [0, 0.1) is 0 Å². The number of imide groups is 1. The lowest BCUT2D eigenvalue weighted by molar-refractivity contribution is -0.125. The summed E-state index contributed by atoms with van der Waals surface area (Å²) in [4.78, 5) is 39.5. The second-order valence-corrected chi connectivity index (χ2v) is 9.22. The van der Waals surface area contributed by atoms with Crippen LogP contribution in [0.15, 0.2) is 64.7 Å². The van der Waals surface area contributed by atoms with Gasteiger partial charge in [-0.1, -0.05) is 52.3 Å². The summed E-state index contributed by atoms with van der Waals surface area (Å²) in [5, 5.41) is 10.5. The summed E-state index contributed by atoms with van der Waals surface area (Å²) in [5.74, 6) is -1.45. The summed E-state index contributed by atoms with van der Waals surface area (Å²) < 4.78 is 6.03. The van der Waals surface area contributed by atoms with E-state index in [2.05, 4.69) is 15.9 Å². The minimum atomic E-state index is -0.745. The molecule has 1 aliphatic rings. The summed E-state index contributed by atoms with van der Waals surface area (Å²) in [6.07, 6.45) is 0.846. The number of ether oxygens (including phenoxy) is 1. The van der Waals surface area contributed by atoms with Crippen LogP contribution in [0.25, 0.3) is 0 Å². The van der Waals surface area contributed by atoms with Gasteiger partial charge in [-0.15, -0.1) is 0 Å². The lowest BCUT2D eigenvalue weighted by Crippen LogP contribution is -2.39. The fourth-order valence-electron chi connectivity index (χ4n) is 3.40. The molecular weight excluding hydrogens is 462 g/mol. The number of hydrogen-bond donors (Lipinski definition) is 1. The van der Waals surface area contributed by atoms with Crippen LogP contribution in [0.5, 0.6) is 5.75 Å². The van der Waals surface area contributed by atoms with E-state index in [1.165, 1.54) is 6.07 Å². The predicted octanol–water partition coefficient (Wildman–Crippen LogP) is 5.22. The van der Waals surface area contributed by atoms with Gasteiger partial charge in [0.2, 0.25) is 0 Å². The molecule has 0 saturated heterocycles. The zero-order valence-corrected chi connectivity index (χ0v) is 19.2. The Bertz CT molecular complexity index is 1040. The molecule has 1 heterocycles. The van der Waals surface area contributed by atoms with E-state index in [4.69, 9.17) is 4.74 Å². The van der Waals surface area contributed by atoms with E-state index in [1.54, 1.807) is 63.2 Å². The number of rotatable bonds is 5. The summed E-state index contributed by atoms with van der Waals surface area (Å²) >= 11 is 3.38. The second kappa shape index (κ2) is 9.06. The number of phenolic OH excluding ortho intramolecular Hbond substituents is 1. The second-order valence-electron chi connectivity index (χ2n) is 8.30. The first-order valence-corrected chi connectivity index (χ1v) is 10.7. The van der Waals surface area contributed by atoms with Crippen LogP contribution >= 0.6 is 15.9 Å². The van der Waals surface area contributed by atoms with Gasteiger partial charge in [-0.3, -0.25) is 9.59 Å². The first-order chi connectivity index (χ1) is 14.6. The predicted molar refractivity (Wildman–Crippen MR) is 120 cm³/mol. The normalized spacial score (nSPS) is 14.9. The molecule has 0 aliphatic carbocycles. The Morgan fingerprint density at radius 3 is 2.48 bits per heavy atom. The Morgan fingerprint density at radius 2 is 1.84 bits per heavy atom. The third-order valence-corrected chi connectivity index (χ3v) is 5.32. The van der Waals surface area contributed by atoms with Crippen molar-refractivity contribution >= 4 is 33.7 Å². The maximum Gasteiger partial charge on any atom is 0.417 e. The van der Waals surface area contributed by atoms with E-state index in [0.717, 1.165) is 4.90 Å². The number of aromatic hydroxyl groups is 1. The SMILES string of the molecule is CC(C)(C)OC(=O)N1CC=C(C(CC(=O)c2ccccc2)c2cc(Br)ccc2O)C1=O. The van der Waals surface area contributed by atoms with Crippen LogP contribution < -0.4 is 0 Å². The molecule has 3 rings (SSSR count). The molecule has 0 bridgehead atoms. The Labute approximate surface area is 189 Å². The van der Waals surface area contributed by atoms with Gasteiger partial charge >= 0.3 is 6.09 Å². The van der Waals surface area contributed by atoms with E-state index >= 15 is 0 Å². The molecule has 31 heavy (non-hydrogen) atoms. The van der Waals surface area contributed by atoms with Crippen molar-refractivity contribution in [3.05, 3.63) is 75.8 Å². The maximum absolute atomic E-state index is 13.1. The number of amides is 2. The van der Waals surface area contributed by atoms with Crippen molar-refractivity contribution in [3.63, 3.8) is 0 Å². The molecular formula is C24H24BrNO5. The van der Waals surface area contributed by atoms with Gasteiger partial charge in [0.25, 0.3) is 5.91 Å². The van der Waals surface area contributed by atoms with Gasteiger partial charge in [0.1, 0.15) is 11.4 Å². The highest BCUT2D eigenvalue weighted by Crippen LogP contribution is 2.39. The monoisotopic (exact) mass is 485 g/mol. The minimum absolute atomic E-state index is 0.0292. The van der Waals surface area contributed by atoms with Crippen molar-refractivity contribution in [2.24, 2.45) is 0 Å². The van der Waals surface area contributed by atoms with Crippen LogP contribution in [-0.4, -0.2) is 39.9 Å². The van der Waals surface area contributed by atoms with E-state index in [9.17, 15) is 19.5 Å². The lowest BCUT2D eigenvalue weighted by atomic mass is 9.85. The number of halogens is 1. The van der Waals surface area contributed by atoms with Crippen molar-refractivity contribution < 1.29 is 24.2 Å². The number of Topliss-reactive ketones (excluding diaryl/α,β-unsaturated/α-hetero) is 1. The highest BCUT2D eigenvalue weighted by atomic mass is 79.9. The summed E-state index contributed by atoms with van der Waals surface area (Å²) in [6.45, 7) is 5.22. The average Bonchev–Trinajstić information content (AvgIpc) is 3.08. The highest BCUT2D eigenvalue weighted by molar-refractivity contribution is 9.10. The van der Waals surface area contributed by atoms with Crippen LogP contribution in [0.4, 0.5) is 4.79 Å². The minimum Gasteiger partial charge on any atom is -0.508 e. The molecule has 0 aromatic heterocycles. The molecule has 2 aromatic carbocycles. The van der Waals surface area contributed by atoms with Gasteiger partial charge < -0.3 is 9.84 Å². The first-order valence-electron chi connectivity index (χ1n) is 9.88. The van der Waals surface area contributed by atoms with E-state index in [1.807, 2.05) is 6.07 Å². The van der Waals surface area contributed by atoms with Gasteiger partial charge in [0.15, 0.2) is 5.78 Å². The molecule has 7 heteroatoms. The van der Waals surface area contributed by atoms with Crippen molar-refractivity contribution in [2.75, 3.05) is 6.54 Å². The molecule has 0 saturated carbocycles. The number of hydrogen-bond acceptors (Lipinski definition) is 5. The largest absolute Gasteiger partial charge is 0.508 e. The molecule has 162 valence electrons. The van der Waals surface area contributed by atoms with Crippen molar-refractivity contribution in [2.45, 2.75) is 38.7 Å². The first kappa shape index (κ1) is 22.7. The van der Waals surface area contributed by atoms with Gasteiger partial charge in [-0.25, -0.2) is 9.69 Å². The van der Waals surface area contributed by atoms with E-state index in [-0.39, 0.29) is 30.1 Å². The van der Waals surface area contributed by atoms with Crippen molar-refractivity contribution in [1.82, 2.24) is 4.90 Å². The smallest absolute Gasteiger partial charge is 0.417 e. The summed E-state index contributed by atoms with van der Waals surface area (Å²) in [6, 6.07) is 13.6. The third kappa shape index (κ3) is 5.41. The molecule has 2 aromatic rings. The van der Waals surface area contributed by atoms with Crippen LogP contribution in [-0.2, 0) is 9.53 Å². The Morgan fingerprint density at radius 1 is 1.16 bits per heavy atom. The summed E-state index contributed by atoms with van der Waals surface area (Å²) in [5.41, 5.74) is 0.482. The fourth-order valence-corrected chi connectivity index (χ4v) is 3.78. The molecule has 2 amide bonds. The Hall–Kier alpha value is -2.93. The molecule has 1 aliphatic heterocycles. The topological polar surface area (TPSA) is 83.9 Å². The highest BCUT2D eigenvalue weighted by Gasteiger charge is 2.38. The van der Waals surface area contributed by atoms with Gasteiger partial charge in [0, 0.05) is 33.5 Å². The molecule has 0 radical (unpaired) electrons. The number of phenols is 1. The molecule has 0 fully saturated rings. The fraction of sp³-hybridized carbons (Fsp3) is 0.292. The summed E-state index contributed by atoms with van der Waals surface area (Å²) in [7, 11) is 0. The number of carbonyl (C=O) groups is 3. The molecule has 1 atom stereocenters. The van der Waals surface area contributed by atoms with Gasteiger partial charge in [0.05, 0.1) is 6.54 Å². The van der Waals surface area contributed by atoms with E-state index in [0.29, 0.717) is 15.6 Å². The number of ketones is 1. The Balaban J connectivity index is 1.93. The number of nitrogens with zero attached hydrogens (tertiary/aromatic N) is 1. The zero-order valence-electron chi connectivity index (χ0n) is 17.6. The van der Waals surface area contributed by atoms with Crippen molar-refractivity contribution in [1.29, 1.82) is 0 Å². The average molecular weight is 486 g/mol. The van der Waals surface area contributed by atoms with Crippen LogP contribution in [0.3, 0.4) is 0 Å². The quantitative estimate of drug-likeness (QED) is 0.587. The van der Waals surface area contributed by atoms with Gasteiger partial charge in [-0.05, 0) is 39.0 Å².